The van der Waals surface area contributed by atoms with Crippen LogP contribution >= 0.6 is 23.1 Å². The molecule has 0 saturated heterocycles. The van der Waals surface area contributed by atoms with Crippen molar-refractivity contribution in [2.75, 3.05) is 12.3 Å². The molecule has 2 aromatic rings. The summed E-state index contributed by atoms with van der Waals surface area (Å²) in [6, 6.07) is 4.13. The molecule has 8 heteroatoms. The van der Waals surface area contributed by atoms with Gasteiger partial charge in [0.2, 0.25) is 11.1 Å². The molecule has 6 nitrogen and oxygen atoms in total. The van der Waals surface area contributed by atoms with Crippen LogP contribution in [0.2, 0.25) is 0 Å². The van der Waals surface area contributed by atoms with Crippen molar-refractivity contribution < 1.29 is 4.79 Å². The number of aromatic nitrogens is 4. The van der Waals surface area contributed by atoms with Gasteiger partial charge in [-0.15, -0.1) is 16.4 Å². The fraction of sp³-hybridized carbons (Fsp3) is 0.500. The van der Waals surface area contributed by atoms with Gasteiger partial charge in [-0.1, -0.05) is 24.8 Å². The number of carbonyl (C=O) groups excluding carboxylic acids is 1. The molecule has 0 aliphatic rings. The van der Waals surface area contributed by atoms with Crippen molar-refractivity contribution in [3.63, 3.8) is 0 Å². The van der Waals surface area contributed by atoms with Gasteiger partial charge in [0.05, 0.1) is 12.3 Å². The molecular formula is C12H17N5OS2. The van der Waals surface area contributed by atoms with Crippen LogP contribution in [-0.2, 0) is 17.8 Å². The smallest absolute Gasteiger partial charge is 0.230 e. The number of nitrogens with one attached hydrogen (secondary N) is 1. The summed E-state index contributed by atoms with van der Waals surface area (Å²) in [5.74, 6) is 0.365. The Morgan fingerprint density at radius 2 is 2.45 bits per heavy atom. The normalized spacial score (nSPS) is 10.7. The van der Waals surface area contributed by atoms with Crippen LogP contribution < -0.4 is 5.32 Å². The van der Waals surface area contributed by atoms with Gasteiger partial charge in [0.1, 0.15) is 0 Å². The van der Waals surface area contributed by atoms with E-state index in [1.165, 1.54) is 16.6 Å². The Kier molecular flexibility index (Phi) is 6.00. The monoisotopic (exact) mass is 311 g/mol. The minimum Gasteiger partial charge on any atom is -0.355 e. The van der Waals surface area contributed by atoms with E-state index in [9.17, 15) is 4.79 Å². The molecule has 0 spiro atoms. The highest BCUT2D eigenvalue weighted by molar-refractivity contribution is 7.99. The van der Waals surface area contributed by atoms with E-state index in [2.05, 4.69) is 32.3 Å². The molecule has 1 N–H and O–H groups in total. The molecule has 2 aromatic heterocycles. The zero-order valence-electron chi connectivity index (χ0n) is 11.3. The molecule has 0 atom stereocenters. The maximum atomic E-state index is 11.5. The molecular weight excluding hydrogens is 294 g/mol. The van der Waals surface area contributed by atoms with E-state index < -0.39 is 0 Å². The summed E-state index contributed by atoms with van der Waals surface area (Å²) < 4.78 is 1.75. The van der Waals surface area contributed by atoms with E-state index in [0.29, 0.717) is 17.5 Å². The second kappa shape index (κ2) is 8.01. The Hall–Kier alpha value is -1.41. The van der Waals surface area contributed by atoms with Crippen molar-refractivity contribution in [1.82, 2.24) is 25.5 Å². The lowest BCUT2D eigenvalue weighted by molar-refractivity contribution is -0.118. The van der Waals surface area contributed by atoms with E-state index in [0.717, 1.165) is 19.4 Å². The van der Waals surface area contributed by atoms with Gasteiger partial charge in [-0.3, -0.25) is 4.79 Å². The summed E-state index contributed by atoms with van der Waals surface area (Å²) >= 11 is 3.09. The van der Waals surface area contributed by atoms with Gasteiger partial charge in [0, 0.05) is 17.8 Å². The van der Waals surface area contributed by atoms with Crippen LogP contribution in [0.25, 0.3) is 0 Å². The number of carbonyl (C=O) groups is 1. The highest BCUT2D eigenvalue weighted by atomic mass is 32.2. The van der Waals surface area contributed by atoms with Gasteiger partial charge in [-0.25, -0.2) is 4.68 Å². The molecule has 20 heavy (non-hydrogen) atoms. The molecule has 0 bridgehead atoms. The van der Waals surface area contributed by atoms with Gasteiger partial charge < -0.3 is 5.32 Å². The Bertz CT molecular complexity index is 526. The number of amides is 1. The first kappa shape index (κ1) is 15.0. The molecule has 0 aliphatic carbocycles. The van der Waals surface area contributed by atoms with Crippen LogP contribution in [0.15, 0.2) is 22.7 Å². The van der Waals surface area contributed by atoms with Crippen LogP contribution in [-0.4, -0.2) is 38.4 Å². The maximum absolute atomic E-state index is 11.5. The molecule has 0 radical (unpaired) electrons. The Morgan fingerprint density at radius 3 is 3.20 bits per heavy atom. The Balaban J connectivity index is 1.80. The predicted molar refractivity (Wildman–Crippen MR) is 79.9 cm³/mol. The second-order valence-electron chi connectivity index (χ2n) is 4.15. The molecule has 108 valence electrons. The van der Waals surface area contributed by atoms with Gasteiger partial charge >= 0.3 is 0 Å². The highest BCUT2D eigenvalue weighted by Crippen LogP contribution is 2.15. The number of aryl methyl sites for hydroxylation is 2. The maximum Gasteiger partial charge on any atom is 0.230 e. The molecule has 0 unspecified atom stereocenters. The van der Waals surface area contributed by atoms with Gasteiger partial charge in [0.25, 0.3) is 0 Å². The number of rotatable bonds is 8. The predicted octanol–water partition coefficient (Wildman–Crippen LogP) is 1.60. The fourth-order valence-electron chi connectivity index (χ4n) is 1.56. The van der Waals surface area contributed by atoms with Gasteiger partial charge in [-0.05, 0) is 28.3 Å². The first-order valence-corrected chi connectivity index (χ1v) is 8.34. The average molecular weight is 311 g/mol. The van der Waals surface area contributed by atoms with Crippen molar-refractivity contribution in [3.8, 4) is 0 Å². The lowest BCUT2D eigenvalue weighted by Gasteiger charge is -2.04. The largest absolute Gasteiger partial charge is 0.355 e. The van der Waals surface area contributed by atoms with Crippen molar-refractivity contribution in [3.05, 3.63) is 22.4 Å². The number of thiophene rings is 1. The van der Waals surface area contributed by atoms with Gasteiger partial charge in [0.15, 0.2) is 0 Å². The number of tetrazole rings is 1. The summed E-state index contributed by atoms with van der Waals surface area (Å²) in [5.41, 5.74) is 0. The van der Waals surface area contributed by atoms with E-state index in [1.807, 2.05) is 13.0 Å². The van der Waals surface area contributed by atoms with Crippen LogP contribution in [0, 0.1) is 0 Å². The molecule has 2 rings (SSSR count). The summed E-state index contributed by atoms with van der Waals surface area (Å²) in [7, 11) is 0. The first-order valence-electron chi connectivity index (χ1n) is 6.47. The lowest BCUT2D eigenvalue weighted by atomic mass is 10.3. The zero-order chi connectivity index (χ0) is 14.2. The Labute approximate surface area is 126 Å². The third-order valence-corrected chi connectivity index (χ3v) is 4.45. The van der Waals surface area contributed by atoms with E-state index in [-0.39, 0.29) is 5.91 Å². The molecule has 0 saturated carbocycles. The van der Waals surface area contributed by atoms with E-state index >= 15 is 0 Å². The summed E-state index contributed by atoms with van der Waals surface area (Å²) in [4.78, 5) is 12.8. The van der Waals surface area contributed by atoms with E-state index in [4.69, 9.17) is 0 Å². The van der Waals surface area contributed by atoms with Crippen LogP contribution in [0.5, 0.6) is 0 Å². The molecule has 1 amide bonds. The standard InChI is InChI=1S/C12H17N5OS2/c1-2-6-13-11(18)9-20-12-14-15-16-17(12)7-5-10-4-3-8-19-10/h3-4,8H,2,5-7,9H2,1H3,(H,13,18). The number of hydrogen-bond donors (Lipinski definition) is 1. The summed E-state index contributed by atoms with van der Waals surface area (Å²) in [5, 5.41) is 17.2. The highest BCUT2D eigenvalue weighted by Gasteiger charge is 2.09. The summed E-state index contributed by atoms with van der Waals surface area (Å²) in [6.07, 6.45) is 1.84. The molecule has 0 aliphatic heterocycles. The lowest BCUT2D eigenvalue weighted by Crippen LogP contribution is -2.25. The van der Waals surface area contributed by atoms with E-state index in [1.54, 1.807) is 16.0 Å². The van der Waals surface area contributed by atoms with Crippen molar-refractivity contribution >= 4 is 29.0 Å². The fourth-order valence-corrected chi connectivity index (χ4v) is 2.99. The number of nitrogens with zero attached hydrogens (tertiary/aromatic N) is 4. The summed E-state index contributed by atoms with van der Waals surface area (Å²) in [6.45, 7) is 3.47. The van der Waals surface area contributed by atoms with Crippen molar-refractivity contribution in [2.45, 2.75) is 31.5 Å². The number of thioether (sulfide) groups is 1. The van der Waals surface area contributed by atoms with Crippen molar-refractivity contribution in [1.29, 1.82) is 0 Å². The topological polar surface area (TPSA) is 72.7 Å². The van der Waals surface area contributed by atoms with Crippen LogP contribution in [0.1, 0.15) is 18.2 Å². The molecule has 0 fully saturated rings. The zero-order valence-corrected chi connectivity index (χ0v) is 12.9. The second-order valence-corrected chi connectivity index (χ2v) is 6.13. The van der Waals surface area contributed by atoms with Crippen LogP contribution in [0.4, 0.5) is 0 Å². The van der Waals surface area contributed by atoms with Crippen LogP contribution in [0.3, 0.4) is 0 Å². The third-order valence-electron chi connectivity index (χ3n) is 2.55. The Morgan fingerprint density at radius 1 is 1.55 bits per heavy atom. The van der Waals surface area contributed by atoms with Gasteiger partial charge in [-0.2, -0.15) is 0 Å². The third kappa shape index (κ3) is 4.61. The van der Waals surface area contributed by atoms with Crippen molar-refractivity contribution in [2.24, 2.45) is 0 Å². The average Bonchev–Trinajstić information content (AvgIpc) is 3.11. The minimum atomic E-state index is 0.0182. The molecule has 2 heterocycles. The SMILES string of the molecule is CCCNC(=O)CSc1nnnn1CCc1cccs1. The molecule has 0 aromatic carbocycles. The number of hydrogen-bond acceptors (Lipinski definition) is 6. The first-order chi connectivity index (χ1) is 9.79. The quantitative estimate of drug-likeness (QED) is 0.750. The minimum absolute atomic E-state index is 0.0182.